The third-order valence-corrected chi connectivity index (χ3v) is 8.29. The van der Waals surface area contributed by atoms with Crippen LogP contribution in [-0.4, -0.2) is 42.1 Å². The average molecular weight is 572 g/mol. The van der Waals surface area contributed by atoms with E-state index in [2.05, 4.69) is 20.0 Å². The molecule has 38 heavy (non-hydrogen) atoms. The number of amides is 1. The Morgan fingerprint density at radius 2 is 1.89 bits per heavy atom. The maximum atomic E-state index is 12.8. The predicted molar refractivity (Wildman–Crippen MR) is 143 cm³/mol. The molecule has 5 aromatic rings. The van der Waals surface area contributed by atoms with Gasteiger partial charge in [0, 0.05) is 17.8 Å². The molecule has 5 rings (SSSR count). The smallest absolute Gasteiger partial charge is 0.270 e. The number of thiazole rings is 1. The summed E-state index contributed by atoms with van der Waals surface area (Å²) in [6.07, 6.45) is 0. The second-order valence-corrected chi connectivity index (χ2v) is 11.3. The molecule has 0 aliphatic carbocycles. The summed E-state index contributed by atoms with van der Waals surface area (Å²) in [7, 11) is -2.36. The number of anilines is 2. The van der Waals surface area contributed by atoms with Crippen molar-refractivity contribution >= 4 is 76.9 Å². The summed E-state index contributed by atoms with van der Waals surface area (Å²) in [4.78, 5) is 31.4. The molecule has 0 saturated heterocycles. The third-order valence-electron chi connectivity index (χ3n) is 5.15. The van der Waals surface area contributed by atoms with Crippen LogP contribution in [0.25, 0.3) is 21.3 Å². The van der Waals surface area contributed by atoms with Crippen molar-refractivity contribution in [1.29, 1.82) is 0 Å². The lowest BCUT2D eigenvalue weighted by molar-refractivity contribution is -0.384. The highest BCUT2D eigenvalue weighted by molar-refractivity contribution is 7.99. The fourth-order valence-electron chi connectivity index (χ4n) is 3.35. The van der Waals surface area contributed by atoms with Crippen LogP contribution in [0.5, 0.6) is 5.75 Å². The van der Waals surface area contributed by atoms with E-state index in [0.29, 0.717) is 37.9 Å². The minimum atomic E-state index is -3.88. The second-order valence-electron chi connectivity index (χ2n) is 7.71. The number of sulfonamides is 1. The molecule has 15 heteroatoms. The molecular weight excluding hydrogens is 554 g/mol. The van der Waals surface area contributed by atoms with Gasteiger partial charge in [-0.2, -0.15) is 0 Å². The van der Waals surface area contributed by atoms with Gasteiger partial charge in [0.15, 0.2) is 10.7 Å². The molecule has 2 aromatic heterocycles. The lowest BCUT2D eigenvalue weighted by atomic mass is 10.3. The number of nitro benzene ring substituents is 1. The Kier molecular flexibility index (Phi) is 6.88. The number of nitro groups is 1. The van der Waals surface area contributed by atoms with E-state index in [0.717, 1.165) is 23.1 Å². The molecule has 1 amide bonds. The van der Waals surface area contributed by atoms with Crippen LogP contribution < -0.4 is 14.8 Å². The molecule has 2 N–H and O–H groups in total. The van der Waals surface area contributed by atoms with Gasteiger partial charge in [0.05, 0.1) is 32.9 Å². The number of ether oxygens (including phenoxy) is 1. The molecule has 2 heterocycles. The van der Waals surface area contributed by atoms with Crippen molar-refractivity contribution in [3.8, 4) is 5.75 Å². The first kappa shape index (κ1) is 25.4. The number of carbonyl (C=O) groups excluding carboxylic acids is 1. The number of methoxy groups -OCH3 is 1. The Labute approximate surface area is 223 Å². The third kappa shape index (κ3) is 5.53. The molecule has 0 aliphatic rings. The van der Waals surface area contributed by atoms with Crippen molar-refractivity contribution in [1.82, 2.24) is 9.97 Å². The number of non-ortho nitro benzene ring substituents is 1. The largest absolute Gasteiger partial charge is 0.497 e. The zero-order valence-corrected chi connectivity index (χ0v) is 21.9. The highest BCUT2D eigenvalue weighted by Gasteiger charge is 2.18. The van der Waals surface area contributed by atoms with Crippen LogP contribution in [0.1, 0.15) is 0 Å². The van der Waals surface area contributed by atoms with Crippen LogP contribution in [0.2, 0.25) is 0 Å². The molecule has 0 atom stereocenters. The number of oxazole rings is 1. The van der Waals surface area contributed by atoms with Crippen LogP contribution in [0.4, 0.5) is 16.5 Å². The molecule has 0 fully saturated rings. The van der Waals surface area contributed by atoms with E-state index in [-0.39, 0.29) is 27.5 Å². The number of fused-ring (bicyclic) bond motifs is 2. The SMILES string of the molecule is COc1ccc(NS(=O)(=O)c2ccc3oc(SCC(=O)Nc4nc5ccc([N+](=O)[O-])cc5s4)nc3c2)cc1. The number of nitrogens with zero attached hydrogens (tertiary/aromatic N) is 3. The molecule has 0 radical (unpaired) electrons. The molecule has 12 nitrogen and oxygen atoms in total. The highest BCUT2D eigenvalue weighted by Crippen LogP contribution is 2.30. The van der Waals surface area contributed by atoms with Gasteiger partial charge in [0.25, 0.3) is 20.9 Å². The van der Waals surface area contributed by atoms with Gasteiger partial charge in [0.1, 0.15) is 11.3 Å². The Balaban J connectivity index is 1.23. The van der Waals surface area contributed by atoms with Crippen LogP contribution in [-0.2, 0) is 14.8 Å². The van der Waals surface area contributed by atoms with E-state index in [4.69, 9.17) is 9.15 Å². The first-order valence-corrected chi connectivity index (χ1v) is 14.0. The number of hydrogen-bond acceptors (Lipinski definition) is 11. The normalized spacial score (nSPS) is 11.5. The zero-order valence-electron chi connectivity index (χ0n) is 19.4. The number of rotatable bonds is 9. The second kappa shape index (κ2) is 10.3. The summed E-state index contributed by atoms with van der Waals surface area (Å²) in [6.45, 7) is 0. The average Bonchev–Trinajstić information content (AvgIpc) is 3.49. The number of nitrogens with one attached hydrogen (secondary N) is 2. The van der Waals surface area contributed by atoms with Gasteiger partial charge in [-0.3, -0.25) is 19.6 Å². The summed E-state index contributed by atoms with van der Waals surface area (Å²) >= 11 is 2.15. The van der Waals surface area contributed by atoms with E-state index in [1.165, 1.54) is 43.5 Å². The van der Waals surface area contributed by atoms with E-state index >= 15 is 0 Å². The number of aromatic nitrogens is 2. The number of thioether (sulfide) groups is 1. The maximum Gasteiger partial charge on any atom is 0.270 e. The monoisotopic (exact) mass is 571 g/mol. The Bertz CT molecular complexity index is 1780. The van der Waals surface area contributed by atoms with Crippen LogP contribution in [0, 0.1) is 10.1 Å². The van der Waals surface area contributed by atoms with Crippen molar-refractivity contribution in [2.45, 2.75) is 10.1 Å². The topological polar surface area (TPSA) is 167 Å². The predicted octanol–water partition coefficient (Wildman–Crippen LogP) is 4.89. The standard InChI is InChI=1S/C23H17N5O7S3/c1-34-15-5-2-13(3-6-15)27-38(32,33)16-7-9-19-18(11-16)25-23(35-19)36-12-21(29)26-22-24-17-8-4-14(28(30)31)10-20(17)37-22/h2-11,27H,12H2,1H3,(H,24,26,29). The molecule has 0 aliphatic heterocycles. The van der Waals surface area contributed by atoms with Gasteiger partial charge in [-0.25, -0.2) is 18.4 Å². The lowest BCUT2D eigenvalue weighted by Crippen LogP contribution is -2.13. The number of benzene rings is 3. The van der Waals surface area contributed by atoms with Gasteiger partial charge in [-0.05, 0) is 48.5 Å². The van der Waals surface area contributed by atoms with Gasteiger partial charge in [-0.15, -0.1) is 0 Å². The summed E-state index contributed by atoms with van der Waals surface area (Å²) < 4.78 is 39.4. The maximum absolute atomic E-state index is 12.8. The first-order valence-electron chi connectivity index (χ1n) is 10.8. The van der Waals surface area contributed by atoms with Crippen molar-refractivity contribution in [3.05, 3.63) is 70.8 Å². The van der Waals surface area contributed by atoms with Gasteiger partial charge >= 0.3 is 0 Å². The summed E-state index contributed by atoms with van der Waals surface area (Å²) in [6, 6.07) is 15.0. The first-order chi connectivity index (χ1) is 18.2. The van der Waals surface area contributed by atoms with Crippen molar-refractivity contribution in [2.24, 2.45) is 0 Å². The van der Waals surface area contributed by atoms with Crippen molar-refractivity contribution < 1.29 is 27.3 Å². The molecular formula is C23H17N5O7S3. The lowest BCUT2D eigenvalue weighted by Gasteiger charge is -2.08. The van der Waals surface area contributed by atoms with Gasteiger partial charge in [-0.1, -0.05) is 23.1 Å². The van der Waals surface area contributed by atoms with Crippen LogP contribution in [0.3, 0.4) is 0 Å². The number of hydrogen-bond donors (Lipinski definition) is 2. The van der Waals surface area contributed by atoms with Gasteiger partial charge in [0.2, 0.25) is 5.91 Å². The van der Waals surface area contributed by atoms with E-state index in [1.54, 1.807) is 24.3 Å². The van der Waals surface area contributed by atoms with Gasteiger partial charge < -0.3 is 14.5 Å². The molecule has 194 valence electrons. The Hall–Kier alpha value is -4.21. The van der Waals surface area contributed by atoms with E-state index < -0.39 is 14.9 Å². The fraction of sp³-hybridized carbons (Fsp3) is 0.0870. The quantitative estimate of drug-likeness (QED) is 0.141. The summed E-state index contributed by atoms with van der Waals surface area (Å²) in [5.74, 6) is 0.174. The highest BCUT2D eigenvalue weighted by atomic mass is 32.2. The van der Waals surface area contributed by atoms with E-state index in [1.807, 2.05) is 0 Å². The van der Waals surface area contributed by atoms with E-state index in [9.17, 15) is 23.3 Å². The van der Waals surface area contributed by atoms with Crippen LogP contribution in [0.15, 0.2) is 75.2 Å². The Morgan fingerprint density at radius 1 is 1.11 bits per heavy atom. The number of carbonyl (C=O) groups is 1. The molecule has 0 saturated carbocycles. The summed E-state index contributed by atoms with van der Waals surface area (Å²) in [5.41, 5.74) is 1.54. The fourth-order valence-corrected chi connectivity index (χ4v) is 5.98. The zero-order chi connectivity index (χ0) is 26.9. The van der Waals surface area contributed by atoms with Crippen molar-refractivity contribution in [2.75, 3.05) is 22.9 Å². The minimum absolute atomic E-state index is 0.000478. The molecule has 3 aromatic carbocycles. The molecule has 0 unspecified atom stereocenters. The Morgan fingerprint density at radius 3 is 2.63 bits per heavy atom. The minimum Gasteiger partial charge on any atom is -0.497 e. The summed E-state index contributed by atoms with van der Waals surface area (Å²) in [5, 5.41) is 14.1. The molecule has 0 bridgehead atoms. The molecule has 0 spiro atoms. The van der Waals surface area contributed by atoms with Crippen molar-refractivity contribution in [3.63, 3.8) is 0 Å². The van der Waals surface area contributed by atoms with Crippen LogP contribution >= 0.6 is 23.1 Å².